The molecule has 1 N–H and O–H groups in total. The Balaban J connectivity index is 2.12. The van der Waals surface area contributed by atoms with E-state index in [4.69, 9.17) is 23.2 Å². The first-order valence-corrected chi connectivity index (χ1v) is 5.48. The van der Waals surface area contributed by atoms with Gasteiger partial charge in [0.15, 0.2) is 0 Å². The summed E-state index contributed by atoms with van der Waals surface area (Å²) in [5.74, 6) is 0.693. The van der Waals surface area contributed by atoms with E-state index < -0.39 is 0 Å². The van der Waals surface area contributed by atoms with Crippen molar-refractivity contribution in [3.8, 4) is 0 Å². The second-order valence-electron chi connectivity index (χ2n) is 3.66. The Kier molecular flexibility index (Phi) is 2.97. The van der Waals surface area contributed by atoms with E-state index in [1.165, 1.54) is 12.0 Å². The Labute approximate surface area is 88.8 Å². The lowest BCUT2D eigenvalue weighted by atomic mass is 9.91. The molecule has 1 aliphatic heterocycles. The van der Waals surface area contributed by atoms with E-state index in [1.807, 2.05) is 0 Å². The van der Waals surface area contributed by atoms with Gasteiger partial charge in [-0.25, -0.2) is 0 Å². The van der Waals surface area contributed by atoms with Gasteiger partial charge in [-0.3, -0.25) is 0 Å². The Hall–Kier alpha value is 0.0200. The molecule has 1 saturated heterocycles. The third-order valence-corrected chi connectivity index (χ3v) is 3.62. The monoisotopic (exact) mass is 217 g/mol. The lowest BCUT2D eigenvalue weighted by molar-refractivity contribution is 0.640. The molecule has 0 spiro atoms. The van der Waals surface area contributed by atoms with E-state index in [-0.39, 0.29) is 0 Å². The van der Waals surface area contributed by atoms with Crippen LogP contribution in [0.1, 0.15) is 19.3 Å². The maximum Gasteiger partial charge on any atom is 0.0550 e. The fourth-order valence-corrected chi connectivity index (χ4v) is 2.36. The highest BCUT2D eigenvalue weighted by atomic mass is 35.5. The summed E-state index contributed by atoms with van der Waals surface area (Å²) in [6.45, 7) is 2.24. The molecule has 0 aromatic carbocycles. The Morgan fingerprint density at radius 3 is 2.77 bits per heavy atom. The number of allylic oxidation sites excluding steroid dienone is 3. The van der Waals surface area contributed by atoms with Crippen LogP contribution in [0, 0.1) is 5.92 Å². The molecule has 1 nitrogen and oxygen atoms in total. The molecule has 1 aliphatic carbocycles. The van der Waals surface area contributed by atoms with Crippen LogP contribution in [0.4, 0.5) is 0 Å². The summed E-state index contributed by atoms with van der Waals surface area (Å²) in [5.41, 5.74) is 1.47. The van der Waals surface area contributed by atoms with Crippen molar-refractivity contribution in [1.82, 2.24) is 5.32 Å². The van der Waals surface area contributed by atoms with Gasteiger partial charge in [-0.05, 0) is 37.8 Å². The molecule has 0 amide bonds. The van der Waals surface area contributed by atoms with E-state index >= 15 is 0 Å². The summed E-state index contributed by atoms with van der Waals surface area (Å²) in [6, 6.07) is 0. The van der Waals surface area contributed by atoms with Gasteiger partial charge in [0, 0.05) is 11.6 Å². The standard InChI is InChI=1S/C10H13Cl2N/c11-9-2-1-7(5-10(9)12)8-3-4-13-6-8/h5,8,13H,1-4,6H2. The predicted molar refractivity (Wildman–Crippen MR) is 57.0 cm³/mol. The highest BCUT2D eigenvalue weighted by Crippen LogP contribution is 2.33. The van der Waals surface area contributed by atoms with Gasteiger partial charge in [0.2, 0.25) is 0 Å². The van der Waals surface area contributed by atoms with Crippen molar-refractivity contribution >= 4 is 23.2 Å². The molecule has 0 aromatic rings. The molecule has 0 bridgehead atoms. The van der Waals surface area contributed by atoms with Crippen molar-refractivity contribution in [2.45, 2.75) is 19.3 Å². The summed E-state index contributed by atoms with van der Waals surface area (Å²) in [6.07, 6.45) is 5.31. The first-order valence-electron chi connectivity index (χ1n) is 4.72. The smallest absolute Gasteiger partial charge is 0.0550 e. The van der Waals surface area contributed by atoms with Gasteiger partial charge < -0.3 is 5.32 Å². The van der Waals surface area contributed by atoms with E-state index in [2.05, 4.69) is 11.4 Å². The molecule has 0 saturated carbocycles. The van der Waals surface area contributed by atoms with Crippen LogP contribution in [0.15, 0.2) is 21.7 Å². The normalized spacial score (nSPS) is 29.4. The van der Waals surface area contributed by atoms with Crippen molar-refractivity contribution in [2.75, 3.05) is 13.1 Å². The molecule has 1 unspecified atom stereocenters. The number of hydrogen-bond acceptors (Lipinski definition) is 1. The summed E-state index contributed by atoms with van der Waals surface area (Å²) < 4.78 is 0. The van der Waals surface area contributed by atoms with Crippen molar-refractivity contribution < 1.29 is 0 Å². The van der Waals surface area contributed by atoms with E-state index in [9.17, 15) is 0 Å². The molecule has 1 heterocycles. The van der Waals surface area contributed by atoms with Crippen molar-refractivity contribution in [3.63, 3.8) is 0 Å². The van der Waals surface area contributed by atoms with E-state index in [1.54, 1.807) is 0 Å². The zero-order valence-electron chi connectivity index (χ0n) is 7.45. The molecule has 0 radical (unpaired) electrons. The van der Waals surface area contributed by atoms with Gasteiger partial charge in [0.25, 0.3) is 0 Å². The second-order valence-corrected chi connectivity index (χ2v) is 4.53. The molecule has 3 heteroatoms. The van der Waals surface area contributed by atoms with E-state index in [0.29, 0.717) is 5.92 Å². The van der Waals surface area contributed by atoms with Crippen LogP contribution in [0.25, 0.3) is 0 Å². The molecule has 2 rings (SSSR count). The Bertz CT molecular complexity index is 262. The molecule has 1 atom stereocenters. The minimum absolute atomic E-state index is 0.693. The Morgan fingerprint density at radius 2 is 2.15 bits per heavy atom. The van der Waals surface area contributed by atoms with Crippen LogP contribution in [0.3, 0.4) is 0 Å². The third kappa shape index (κ3) is 2.09. The first kappa shape index (κ1) is 9.57. The molecule has 72 valence electrons. The zero-order valence-corrected chi connectivity index (χ0v) is 8.96. The molecule has 1 fully saturated rings. The van der Waals surface area contributed by atoms with Gasteiger partial charge in [-0.1, -0.05) is 28.8 Å². The fraction of sp³-hybridized carbons (Fsp3) is 0.600. The van der Waals surface area contributed by atoms with Gasteiger partial charge in [0.05, 0.1) is 5.03 Å². The van der Waals surface area contributed by atoms with Gasteiger partial charge in [0.1, 0.15) is 0 Å². The average molecular weight is 218 g/mol. The number of nitrogens with one attached hydrogen (secondary N) is 1. The predicted octanol–water partition coefficient (Wildman–Crippen LogP) is 3.01. The number of hydrogen-bond donors (Lipinski definition) is 1. The third-order valence-electron chi connectivity index (χ3n) is 2.79. The average Bonchev–Trinajstić information content (AvgIpc) is 2.62. The van der Waals surface area contributed by atoms with E-state index in [0.717, 1.165) is 36.0 Å². The number of rotatable bonds is 1. The summed E-state index contributed by atoms with van der Waals surface area (Å²) >= 11 is 11.9. The van der Waals surface area contributed by atoms with Gasteiger partial charge in [-0.15, -0.1) is 0 Å². The van der Waals surface area contributed by atoms with Crippen LogP contribution >= 0.6 is 23.2 Å². The largest absolute Gasteiger partial charge is 0.316 e. The zero-order chi connectivity index (χ0) is 9.26. The van der Waals surface area contributed by atoms with Crippen LogP contribution in [0.2, 0.25) is 0 Å². The van der Waals surface area contributed by atoms with Crippen molar-refractivity contribution in [2.24, 2.45) is 5.92 Å². The first-order chi connectivity index (χ1) is 6.27. The minimum Gasteiger partial charge on any atom is -0.316 e. The quantitative estimate of drug-likeness (QED) is 0.713. The maximum atomic E-state index is 5.99. The minimum atomic E-state index is 0.693. The topological polar surface area (TPSA) is 12.0 Å². The fourth-order valence-electron chi connectivity index (χ4n) is 1.98. The molecular formula is C10H13Cl2N. The molecule has 13 heavy (non-hydrogen) atoms. The summed E-state index contributed by atoms with van der Waals surface area (Å²) in [4.78, 5) is 0. The number of halogens is 2. The molecular weight excluding hydrogens is 205 g/mol. The van der Waals surface area contributed by atoms with Gasteiger partial charge in [-0.2, -0.15) is 0 Å². The van der Waals surface area contributed by atoms with Crippen LogP contribution in [-0.2, 0) is 0 Å². The molecule has 0 aromatic heterocycles. The summed E-state index contributed by atoms with van der Waals surface area (Å²) in [7, 11) is 0. The second kappa shape index (κ2) is 4.04. The summed E-state index contributed by atoms with van der Waals surface area (Å²) in [5, 5.41) is 4.92. The van der Waals surface area contributed by atoms with Crippen molar-refractivity contribution in [3.05, 3.63) is 21.7 Å². The van der Waals surface area contributed by atoms with Crippen LogP contribution < -0.4 is 5.32 Å². The highest BCUT2D eigenvalue weighted by molar-refractivity contribution is 6.40. The Morgan fingerprint density at radius 1 is 1.31 bits per heavy atom. The van der Waals surface area contributed by atoms with Crippen LogP contribution in [-0.4, -0.2) is 13.1 Å². The lowest BCUT2D eigenvalue weighted by Gasteiger charge is -2.18. The maximum absolute atomic E-state index is 5.99. The lowest BCUT2D eigenvalue weighted by Crippen LogP contribution is -2.12. The van der Waals surface area contributed by atoms with Crippen molar-refractivity contribution in [1.29, 1.82) is 0 Å². The SMILES string of the molecule is ClC1=C(Cl)CCC(C2CCNC2)=C1. The molecule has 2 aliphatic rings. The van der Waals surface area contributed by atoms with Crippen LogP contribution in [0.5, 0.6) is 0 Å². The highest BCUT2D eigenvalue weighted by Gasteiger charge is 2.21. The van der Waals surface area contributed by atoms with Gasteiger partial charge >= 0.3 is 0 Å².